The van der Waals surface area contributed by atoms with Crippen LogP contribution < -0.4 is 10.1 Å². The summed E-state index contributed by atoms with van der Waals surface area (Å²) in [5, 5.41) is 12.2. The van der Waals surface area contributed by atoms with Gasteiger partial charge < -0.3 is 15.2 Å². The molecule has 1 atom stereocenters. The molecule has 0 aliphatic carbocycles. The highest BCUT2D eigenvalue weighted by Gasteiger charge is 2.29. The number of piperazine rings is 1. The second-order valence-corrected chi connectivity index (χ2v) is 4.04. The molecule has 1 aliphatic heterocycles. The van der Waals surface area contributed by atoms with E-state index in [9.17, 15) is 4.79 Å². The van der Waals surface area contributed by atoms with Crippen molar-refractivity contribution in [1.29, 1.82) is 0 Å². The minimum atomic E-state index is -0.829. The minimum absolute atomic E-state index is 0. The van der Waals surface area contributed by atoms with Crippen LogP contribution >= 0.6 is 12.4 Å². The maximum absolute atomic E-state index is 11.2. The van der Waals surface area contributed by atoms with Crippen LogP contribution in [0.4, 0.5) is 0 Å². The highest BCUT2D eigenvalue weighted by molar-refractivity contribution is 5.85. The van der Waals surface area contributed by atoms with Crippen LogP contribution in [0.2, 0.25) is 0 Å². The predicted molar refractivity (Wildman–Crippen MR) is 70.5 cm³/mol. The van der Waals surface area contributed by atoms with Crippen molar-refractivity contribution in [2.24, 2.45) is 0 Å². The Bertz CT molecular complexity index is 432. The highest BCUT2D eigenvalue weighted by atomic mass is 35.5. The van der Waals surface area contributed by atoms with Crippen molar-refractivity contribution in [3.8, 4) is 5.88 Å². The van der Waals surface area contributed by atoms with Gasteiger partial charge >= 0.3 is 5.97 Å². The van der Waals surface area contributed by atoms with E-state index in [0.717, 1.165) is 6.54 Å². The Balaban J connectivity index is 0.00000180. The van der Waals surface area contributed by atoms with Crippen molar-refractivity contribution in [3.05, 3.63) is 18.1 Å². The van der Waals surface area contributed by atoms with Crippen LogP contribution in [0.5, 0.6) is 5.88 Å². The number of hydrogen-bond acceptors (Lipinski definition) is 6. The van der Waals surface area contributed by atoms with Crippen LogP contribution in [-0.4, -0.2) is 58.7 Å². The van der Waals surface area contributed by atoms with Crippen molar-refractivity contribution in [3.63, 3.8) is 0 Å². The van der Waals surface area contributed by atoms with Gasteiger partial charge in [-0.1, -0.05) is 0 Å². The molecule has 1 aliphatic rings. The zero-order valence-electron chi connectivity index (χ0n) is 10.6. The number of nitrogens with one attached hydrogen (secondary N) is 1. The molecule has 2 rings (SSSR count). The average molecular weight is 289 g/mol. The van der Waals surface area contributed by atoms with Crippen LogP contribution in [0.15, 0.2) is 12.4 Å². The standard InChI is InChI=1S/C11H16N4O3.ClH/c1-18-10-8(13-2-3-14-10)7-15-5-4-12-6-9(15)11(16)17;/h2-3,9,12H,4-7H2,1H3,(H,16,17);1H. The molecule has 1 saturated heterocycles. The van der Waals surface area contributed by atoms with Crippen LogP contribution in [0.25, 0.3) is 0 Å². The zero-order chi connectivity index (χ0) is 13.0. The molecule has 106 valence electrons. The Hall–Kier alpha value is -1.44. The number of carboxylic acid groups (broad SMARTS) is 1. The lowest BCUT2D eigenvalue weighted by molar-refractivity contribution is -0.144. The van der Waals surface area contributed by atoms with E-state index in [1.807, 2.05) is 4.90 Å². The van der Waals surface area contributed by atoms with E-state index >= 15 is 0 Å². The Morgan fingerprint density at radius 1 is 1.58 bits per heavy atom. The number of aromatic nitrogens is 2. The van der Waals surface area contributed by atoms with Crippen LogP contribution in [0.3, 0.4) is 0 Å². The van der Waals surface area contributed by atoms with Crippen LogP contribution in [0.1, 0.15) is 5.69 Å². The smallest absolute Gasteiger partial charge is 0.322 e. The Kier molecular flexibility index (Phi) is 5.94. The first-order valence-electron chi connectivity index (χ1n) is 5.74. The number of halogens is 1. The predicted octanol–water partition coefficient (Wildman–Crippen LogP) is -0.235. The maximum Gasteiger partial charge on any atom is 0.322 e. The maximum atomic E-state index is 11.2. The summed E-state index contributed by atoms with van der Waals surface area (Å²) in [5.74, 6) is -0.384. The summed E-state index contributed by atoms with van der Waals surface area (Å²) in [7, 11) is 1.53. The topological polar surface area (TPSA) is 87.6 Å². The number of hydrogen-bond donors (Lipinski definition) is 2. The Morgan fingerprint density at radius 2 is 2.32 bits per heavy atom. The third-order valence-corrected chi connectivity index (χ3v) is 2.92. The number of ether oxygens (including phenoxy) is 1. The fourth-order valence-corrected chi connectivity index (χ4v) is 2.00. The molecule has 1 aromatic heterocycles. The van der Waals surface area contributed by atoms with Gasteiger partial charge in [0.15, 0.2) is 0 Å². The molecule has 19 heavy (non-hydrogen) atoms. The summed E-state index contributed by atoms with van der Waals surface area (Å²) < 4.78 is 5.12. The number of aliphatic carboxylic acids is 1. The summed E-state index contributed by atoms with van der Waals surface area (Å²) in [6.45, 7) is 2.30. The molecule has 0 radical (unpaired) electrons. The largest absolute Gasteiger partial charge is 0.480 e. The molecule has 0 saturated carbocycles. The molecule has 2 heterocycles. The van der Waals surface area contributed by atoms with E-state index < -0.39 is 12.0 Å². The molecule has 1 unspecified atom stereocenters. The van der Waals surface area contributed by atoms with E-state index in [-0.39, 0.29) is 12.4 Å². The van der Waals surface area contributed by atoms with Gasteiger partial charge in [-0.3, -0.25) is 14.7 Å². The molecule has 0 bridgehead atoms. The molecular formula is C11H17ClN4O3. The molecule has 0 aromatic carbocycles. The normalized spacial score (nSPS) is 19.5. The second-order valence-electron chi connectivity index (χ2n) is 4.04. The lowest BCUT2D eigenvalue weighted by atomic mass is 10.2. The molecule has 1 aromatic rings. The van der Waals surface area contributed by atoms with E-state index in [1.165, 1.54) is 7.11 Å². The molecule has 0 spiro atoms. The highest BCUT2D eigenvalue weighted by Crippen LogP contribution is 2.15. The number of methoxy groups -OCH3 is 1. The summed E-state index contributed by atoms with van der Waals surface area (Å²) in [5.41, 5.74) is 0.660. The first-order valence-corrected chi connectivity index (χ1v) is 5.74. The zero-order valence-corrected chi connectivity index (χ0v) is 11.4. The van der Waals surface area contributed by atoms with Crippen molar-refractivity contribution in [2.75, 3.05) is 26.7 Å². The van der Waals surface area contributed by atoms with Crippen molar-refractivity contribution in [2.45, 2.75) is 12.6 Å². The van der Waals surface area contributed by atoms with Gasteiger partial charge in [0.1, 0.15) is 11.7 Å². The first kappa shape index (κ1) is 15.6. The lowest BCUT2D eigenvalue weighted by Gasteiger charge is -2.33. The van der Waals surface area contributed by atoms with E-state index in [2.05, 4.69) is 15.3 Å². The average Bonchev–Trinajstić information content (AvgIpc) is 2.40. The van der Waals surface area contributed by atoms with E-state index in [0.29, 0.717) is 31.2 Å². The number of carbonyl (C=O) groups is 1. The molecule has 7 nitrogen and oxygen atoms in total. The van der Waals surface area contributed by atoms with Gasteiger partial charge in [-0.15, -0.1) is 12.4 Å². The number of rotatable bonds is 4. The van der Waals surface area contributed by atoms with Gasteiger partial charge in [-0.05, 0) is 0 Å². The molecule has 2 N–H and O–H groups in total. The first-order chi connectivity index (χ1) is 8.72. The number of nitrogens with zero attached hydrogens (tertiary/aromatic N) is 3. The SMILES string of the molecule is COc1nccnc1CN1CCNCC1C(=O)O.Cl. The van der Waals surface area contributed by atoms with Gasteiger partial charge in [0.25, 0.3) is 0 Å². The monoisotopic (exact) mass is 288 g/mol. The summed E-state index contributed by atoms with van der Waals surface area (Å²) >= 11 is 0. The summed E-state index contributed by atoms with van der Waals surface area (Å²) in [6, 6.07) is -0.537. The molecule has 0 amide bonds. The van der Waals surface area contributed by atoms with Gasteiger partial charge in [-0.25, -0.2) is 4.98 Å². The summed E-state index contributed by atoms with van der Waals surface area (Å²) in [6.07, 6.45) is 3.13. The minimum Gasteiger partial charge on any atom is -0.480 e. The third kappa shape index (κ3) is 3.76. The molecule has 8 heteroatoms. The molecule has 1 fully saturated rings. The number of carboxylic acids is 1. The van der Waals surface area contributed by atoms with Gasteiger partial charge in [0.2, 0.25) is 5.88 Å². The fourth-order valence-electron chi connectivity index (χ4n) is 2.00. The fraction of sp³-hybridized carbons (Fsp3) is 0.545. The van der Waals surface area contributed by atoms with E-state index in [1.54, 1.807) is 12.4 Å². The quantitative estimate of drug-likeness (QED) is 0.791. The van der Waals surface area contributed by atoms with Gasteiger partial charge in [0.05, 0.1) is 7.11 Å². The van der Waals surface area contributed by atoms with Crippen molar-refractivity contribution >= 4 is 18.4 Å². The lowest BCUT2D eigenvalue weighted by Crippen LogP contribution is -2.54. The summed E-state index contributed by atoms with van der Waals surface area (Å²) in [4.78, 5) is 21.3. The Morgan fingerprint density at radius 3 is 3.00 bits per heavy atom. The van der Waals surface area contributed by atoms with E-state index in [4.69, 9.17) is 9.84 Å². The van der Waals surface area contributed by atoms with Gasteiger partial charge in [-0.2, -0.15) is 0 Å². The van der Waals surface area contributed by atoms with Crippen LogP contribution in [-0.2, 0) is 11.3 Å². The molecular weight excluding hydrogens is 272 g/mol. The second kappa shape index (κ2) is 7.22. The van der Waals surface area contributed by atoms with Gasteiger partial charge in [0, 0.05) is 38.6 Å². The van der Waals surface area contributed by atoms with Crippen molar-refractivity contribution < 1.29 is 14.6 Å². The third-order valence-electron chi connectivity index (χ3n) is 2.92. The van der Waals surface area contributed by atoms with Crippen LogP contribution in [0, 0.1) is 0 Å². The Labute approximate surface area is 117 Å². The van der Waals surface area contributed by atoms with Crippen molar-refractivity contribution in [1.82, 2.24) is 20.2 Å².